The molecule has 6 rings (SSSR count). The summed E-state index contributed by atoms with van der Waals surface area (Å²) in [7, 11) is 1.45. The Morgan fingerprint density at radius 2 is 1.03 bits per heavy atom. The maximum absolute atomic E-state index is 15.0. The number of allylic oxidation sites excluding steroid dienone is 2. The molecule has 4 aromatic carbocycles. The summed E-state index contributed by atoms with van der Waals surface area (Å²) in [5.41, 5.74) is 12.2. The number of halogens is 3. The van der Waals surface area contributed by atoms with Crippen molar-refractivity contribution in [3.63, 3.8) is 0 Å². The lowest BCUT2D eigenvalue weighted by Gasteiger charge is -2.19. The standard InChI is InChI=1S/C29H36FN3O6S.C24H28FN3O4S.ClH/c1-19-24(16-20-8-11-23(12-9-20)40(36,37)32(5)6)25-17-21(27(34)38-7)10-13-26(25)33(19)18-22(30)14-15-31-28(35)39-29(2,3)4;1-16-21(13-17-5-8-20(9-6-17)33(30,31)27(2)3)22-14-18(24(29)32-4)7-10-23(22)28(16)15-19(25)11-12-26;/h8-14,17H,15-16,18H2,1-7H3,(H,31,35);5-11,14H,12-13,15,26H2,1-4H3;1H/b22-14-;19-11-;. The molecule has 0 aliphatic carbocycles. The highest BCUT2D eigenvalue weighted by atomic mass is 35.5. The number of alkyl carbamates (subject to hydrolysis) is 1. The number of carbonyl (C=O) groups excluding carboxylic acids is 3. The van der Waals surface area contributed by atoms with Crippen molar-refractivity contribution >= 4 is 72.3 Å². The van der Waals surface area contributed by atoms with Crippen LogP contribution < -0.4 is 11.1 Å². The first-order chi connectivity index (χ1) is 34.2. The van der Waals surface area contributed by atoms with E-state index in [1.165, 1.54) is 54.6 Å². The van der Waals surface area contributed by atoms with Crippen molar-refractivity contribution in [2.75, 3.05) is 55.5 Å². The Labute approximate surface area is 438 Å². The Balaban J connectivity index is 0.000000322. The van der Waals surface area contributed by atoms with Gasteiger partial charge in [0.05, 0.1) is 48.2 Å². The van der Waals surface area contributed by atoms with Crippen LogP contribution in [0.25, 0.3) is 21.8 Å². The number of esters is 2. The second-order valence-corrected chi connectivity index (χ2v) is 22.7. The Morgan fingerprint density at radius 3 is 1.36 bits per heavy atom. The van der Waals surface area contributed by atoms with Crippen LogP contribution in [0.2, 0.25) is 0 Å². The number of nitrogens with one attached hydrogen (secondary N) is 1. The van der Waals surface area contributed by atoms with E-state index in [0.717, 1.165) is 64.1 Å². The predicted octanol–water partition coefficient (Wildman–Crippen LogP) is 8.77. The average Bonchev–Trinajstić information content (AvgIpc) is 3.74. The van der Waals surface area contributed by atoms with Crippen molar-refractivity contribution in [2.45, 2.75) is 75.9 Å². The first-order valence-corrected chi connectivity index (χ1v) is 25.9. The number of nitrogens with zero attached hydrogens (tertiary/aromatic N) is 4. The molecular formula is C53H65ClF2N6O10S2. The molecule has 2 heterocycles. The molecule has 16 nitrogen and oxygen atoms in total. The predicted molar refractivity (Wildman–Crippen MR) is 285 cm³/mol. The van der Waals surface area contributed by atoms with E-state index in [9.17, 15) is 35.6 Å². The van der Waals surface area contributed by atoms with Crippen LogP contribution in [0, 0.1) is 13.8 Å². The van der Waals surface area contributed by atoms with Gasteiger partial charge < -0.3 is 34.4 Å². The lowest BCUT2D eigenvalue weighted by Crippen LogP contribution is -2.32. The lowest BCUT2D eigenvalue weighted by atomic mass is 10.0. The maximum Gasteiger partial charge on any atom is 0.407 e. The zero-order valence-corrected chi connectivity index (χ0v) is 45.9. The molecular weight excluding hydrogens is 1020 g/mol. The lowest BCUT2D eigenvalue weighted by molar-refractivity contribution is 0.0531. The van der Waals surface area contributed by atoms with Gasteiger partial charge in [0, 0.05) is 74.5 Å². The number of hydrogen-bond acceptors (Lipinski definition) is 11. The van der Waals surface area contributed by atoms with E-state index in [-0.39, 0.29) is 54.2 Å². The number of aromatic nitrogens is 2. The summed E-state index contributed by atoms with van der Waals surface area (Å²) >= 11 is 0. The Hall–Kier alpha value is -6.42. The van der Waals surface area contributed by atoms with Crippen molar-refractivity contribution in [1.82, 2.24) is 23.1 Å². The topological polar surface area (TPSA) is 202 Å². The van der Waals surface area contributed by atoms with Gasteiger partial charge in [0.15, 0.2) is 0 Å². The van der Waals surface area contributed by atoms with Gasteiger partial charge in [-0.3, -0.25) is 0 Å². The number of methoxy groups -OCH3 is 2. The van der Waals surface area contributed by atoms with Gasteiger partial charge in [0.1, 0.15) is 17.3 Å². The molecule has 400 valence electrons. The molecule has 0 bridgehead atoms. The van der Waals surface area contributed by atoms with E-state index in [4.69, 9.17) is 19.9 Å². The molecule has 21 heteroatoms. The third-order valence-electron chi connectivity index (χ3n) is 11.8. The van der Waals surface area contributed by atoms with E-state index >= 15 is 4.39 Å². The van der Waals surface area contributed by atoms with Gasteiger partial charge in [0.2, 0.25) is 20.0 Å². The molecule has 0 saturated heterocycles. The quantitative estimate of drug-likeness (QED) is 0.0653. The molecule has 0 saturated carbocycles. The number of rotatable bonds is 17. The zero-order chi connectivity index (χ0) is 54.2. The first-order valence-electron chi connectivity index (χ1n) is 23.0. The molecule has 0 radical (unpaired) electrons. The average molecular weight is 1080 g/mol. The number of benzene rings is 4. The third kappa shape index (κ3) is 14.4. The molecule has 74 heavy (non-hydrogen) atoms. The SMILES string of the molecule is COC(=O)c1ccc2c(c1)c(Cc1ccc(S(=O)(=O)N(C)C)cc1)c(C)n2C/C(F)=C/CN.COC(=O)c1ccc2c(c1)c(Cc1ccc(S(=O)(=O)N(C)C)cc1)c(C)n2C/C(F)=C/CNC(=O)OC(C)(C)C.Cl. The summed E-state index contributed by atoms with van der Waals surface area (Å²) in [4.78, 5) is 36.6. The summed E-state index contributed by atoms with van der Waals surface area (Å²) in [5.74, 6) is -1.76. The van der Waals surface area contributed by atoms with Crippen molar-refractivity contribution < 1.29 is 54.2 Å². The van der Waals surface area contributed by atoms with E-state index in [2.05, 4.69) is 5.32 Å². The van der Waals surface area contributed by atoms with E-state index in [1.807, 2.05) is 18.4 Å². The highest BCUT2D eigenvalue weighted by Crippen LogP contribution is 2.33. The molecule has 3 N–H and O–H groups in total. The maximum atomic E-state index is 15.0. The molecule has 0 spiro atoms. The minimum Gasteiger partial charge on any atom is -0.465 e. The van der Waals surface area contributed by atoms with Gasteiger partial charge in [-0.2, -0.15) is 0 Å². The van der Waals surface area contributed by atoms with Gasteiger partial charge in [-0.05, 0) is 143 Å². The number of sulfonamides is 2. The largest absolute Gasteiger partial charge is 0.465 e. The van der Waals surface area contributed by atoms with Crippen LogP contribution in [0.3, 0.4) is 0 Å². The molecule has 0 aliphatic rings. The summed E-state index contributed by atoms with van der Waals surface area (Å²) in [5, 5.41) is 4.07. The highest BCUT2D eigenvalue weighted by molar-refractivity contribution is 7.89. The summed E-state index contributed by atoms with van der Waals surface area (Å²) in [6.45, 7) is 8.99. The normalized spacial score (nSPS) is 12.4. The van der Waals surface area contributed by atoms with Crippen LogP contribution in [0.1, 0.15) is 75.1 Å². The van der Waals surface area contributed by atoms with Gasteiger partial charge >= 0.3 is 18.0 Å². The fourth-order valence-corrected chi connectivity index (χ4v) is 9.76. The van der Waals surface area contributed by atoms with Crippen molar-refractivity contribution in [2.24, 2.45) is 5.73 Å². The third-order valence-corrected chi connectivity index (χ3v) is 15.5. The fourth-order valence-electron chi connectivity index (χ4n) is 7.95. The minimum absolute atomic E-state index is 0. The van der Waals surface area contributed by atoms with E-state index in [0.29, 0.717) is 24.0 Å². The van der Waals surface area contributed by atoms with Crippen molar-refractivity contribution in [1.29, 1.82) is 0 Å². The van der Waals surface area contributed by atoms with Gasteiger partial charge in [-0.1, -0.05) is 24.3 Å². The molecule has 0 unspecified atom stereocenters. The van der Waals surface area contributed by atoms with Crippen molar-refractivity contribution in [3.05, 3.63) is 154 Å². The Bertz CT molecular complexity index is 3290. The number of hydrogen-bond donors (Lipinski definition) is 2. The summed E-state index contributed by atoms with van der Waals surface area (Å²) < 4.78 is 99.8. The zero-order valence-electron chi connectivity index (χ0n) is 43.4. The molecule has 1 amide bonds. The first kappa shape index (κ1) is 60.1. The van der Waals surface area contributed by atoms with Crippen LogP contribution >= 0.6 is 12.4 Å². The second-order valence-electron chi connectivity index (χ2n) is 18.4. The van der Waals surface area contributed by atoms with Gasteiger partial charge in [-0.25, -0.2) is 48.6 Å². The monoisotopic (exact) mass is 1080 g/mol. The molecule has 0 atom stereocenters. The molecule has 6 aromatic rings. The number of fused-ring (bicyclic) bond motifs is 2. The highest BCUT2D eigenvalue weighted by Gasteiger charge is 2.23. The van der Waals surface area contributed by atoms with Crippen LogP contribution in [0.15, 0.2) is 119 Å². The second kappa shape index (κ2) is 25.2. The molecule has 2 aromatic heterocycles. The van der Waals surface area contributed by atoms with Gasteiger partial charge in [0.25, 0.3) is 0 Å². The van der Waals surface area contributed by atoms with Crippen LogP contribution in [-0.2, 0) is 60.2 Å². The Kier molecular flexibility index (Phi) is 20.5. The van der Waals surface area contributed by atoms with Crippen LogP contribution in [0.4, 0.5) is 13.6 Å². The molecule has 0 fully saturated rings. The summed E-state index contributed by atoms with van der Waals surface area (Å²) in [6, 6.07) is 23.5. The molecule has 0 aliphatic heterocycles. The summed E-state index contributed by atoms with van der Waals surface area (Å²) in [6.07, 6.45) is 2.87. The number of nitrogens with two attached hydrogens (primary N) is 1. The fraction of sp³-hybridized carbons (Fsp3) is 0.340. The Morgan fingerprint density at radius 1 is 0.649 bits per heavy atom. The number of ether oxygens (including phenoxy) is 3. The van der Waals surface area contributed by atoms with Crippen molar-refractivity contribution in [3.8, 4) is 0 Å². The van der Waals surface area contributed by atoms with Crippen LogP contribution in [0.5, 0.6) is 0 Å². The minimum atomic E-state index is -3.56. The van der Waals surface area contributed by atoms with Gasteiger partial charge in [-0.15, -0.1) is 12.4 Å². The van der Waals surface area contributed by atoms with E-state index in [1.54, 1.807) is 110 Å². The smallest absolute Gasteiger partial charge is 0.407 e. The number of amides is 1. The van der Waals surface area contributed by atoms with Crippen LogP contribution in [-0.4, -0.2) is 114 Å². The number of carbonyl (C=O) groups is 3. The van der Waals surface area contributed by atoms with E-state index < -0.39 is 49.5 Å².